The Morgan fingerprint density at radius 2 is 2.06 bits per heavy atom. The van der Waals surface area contributed by atoms with E-state index in [9.17, 15) is 10.2 Å². The lowest BCUT2D eigenvalue weighted by Gasteiger charge is -2.30. The fraction of sp³-hybridized carbons (Fsp3) is 0.545. The number of methoxy groups -OCH3 is 1. The molecular formula is C11H19N3O3. The summed E-state index contributed by atoms with van der Waals surface area (Å²) in [5, 5.41) is 21.6. The van der Waals surface area contributed by atoms with E-state index in [-0.39, 0.29) is 13.2 Å². The van der Waals surface area contributed by atoms with E-state index >= 15 is 0 Å². The van der Waals surface area contributed by atoms with Crippen molar-refractivity contribution < 1.29 is 14.9 Å². The molecular weight excluding hydrogens is 222 g/mol. The lowest BCUT2D eigenvalue weighted by Crippen LogP contribution is -2.45. The van der Waals surface area contributed by atoms with Gasteiger partial charge in [-0.3, -0.25) is 0 Å². The second-order valence-corrected chi connectivity index (χ2v) is 3.87. The molecule has 1 rings (SSSR count). The first-order valence-electron chi connectivity index (χ1n) is 5.41. The first-order chi connectivity index (χ1) is 8.10. The highest BCUT2D eigenvalue weighted by atomic mass is 16.5. The maximum absolute atomic E-state index is 9.31. The molecule has 0 spiro atoms. The van der Waals surface area contributed by atoms with Crippen LogP contribution in [0.2, 0.25) is 0 Å². The number of aromatic nitrogens is 1. The Morgan fingerprint density at radius 3 is 2.53 bits per heavy atom. The van der Waals surface area contributed by atoms with Gasteiger partial charge in [0.2, 0.25) is 5.88 Å². The van der Waals surface area contributed by atoms with Gasteiger partial charge in [0, 0.05) is 0 Å². The predicted molar refractivity (Wildman–Crippen MR) is 66.0 cm³/mol. The Labute approximate surface area is 100 Å². The molecule has 0 atom stereocenters. The SMILES string of the molecule is CCC(CO)(CO)Nc1ccc(N)c(OC)n1. The number of aliphatic hydroxyl groups is 2. The van der Waals surface area contributed by atoms with Crippen molar-refractivity contribution in [2.75, 3.05) is 31.4 Å². The van der Waals surface area contributed by atoms with E-state index in [1.165, 1.54) is 7.11 Å². The van der Waals surface area contributed by atoms with Gasteiger partial charge >= 0.3 is 0 Å². The van der Waals surface area contributed by atoms with Gasteiger partial charge in [-0.2, -0.15) is 4.98 Å². The molecule has 0 amide bonds. The summed E-state index contributed by atoms with van der Waals surface area (Å²) < 4.78 is 5.00. The molecule has 96 valence electrons. The van der Waals surface area contributed by atoms with E-state index in [1.54, 1.807) is 12.1 Å². The molecule has 1 heterocycles. The minimum atomic E-state index is -0.784. The first kappa shape index (κ1) is 13.5. The van der Waals surface area contributed by atoms with E-state index in [0.29, 0.717) is 23.8 Å². The van der Waals surface area contributed by atoms with Crippen molar-refractivity contribution in [3.05, 3.63) is 12.1 Å². The van der Waals surface area contributed by atoms with Gasteiger partial charge in [0.15, 0.2) is 0 Å². The van der Waals surface area contributed by atoms with Gasteiger partial charge in [-0.05, 0) is 18.6 Å². The normalized spacial score (nSPS) is 11.3. The first-order valence-corrected chi connectivity index (χ1v) is 5.41. The summed E-state index contributed by atoms with van der Waals surface area (Å²) in [5.41, 5.74) is 5.30. The van der Waals surface area contributed by atoms with Crippen LogP contribution < -0.4 is 15.8 Å². The van der Waals surface area contributed by atoms with Crippen molar-refractivity contribution in [2.45, 2.75) is 18.9 Å². The van der Waals surface area contributed by atoms with Gasteiger partial charge in [0.05, 0.1) is 31.5 Å². The number of hydrogen-bond acceptors (Lipinski definition) is 6. The van der Waals surface area contributed by atoms with Crippen LogP contribution >= 0.6 is 0 Å². The largest absolute Gasteiger partial charge is 0.479 e. The number of hydrogen-bond donors (Lipinski definition) is 4. The van der Waals surface area contributed by atoms with Gasteiger partial charge < -0.3 is 26.0 Å². The van der Waals surface area contributed by atoms with Crippen molar-refractivity contribution >= 4 is 11.5 Å². The average molecular weight is 241 g/mol. The number of anilines is 2. The van der Waals surface area contributed by atoms with Gasteiger partial charge in [0.25, 0.3) is 0 Å². The van der Waals surface area contributed by atoms with Gasteiger partial charge in [-0.15, -0.1) is 0 Å². The number of pyridine rings is 1. The third-order valence-electron chi connectivity index (χ3n) is 2.76. The average Bonchev–Trinajstić information content (AvgIpc) is 2.38. The summed E-state index contributed by atoms with van der Waals surface area (Å²) in [7, 11) is 1.48. The zero-order valence-corrected chi connectivity index (χ0v) is 10.1. The molecule has 0 aliphatic carbocycles. The van der Waals surface area contributed by atoms with Crippen LogP contribution in [0.15, 0.2) is 12.1 Å². The number of nitrogens with two attached hydrogens (primary N) is 1. The topological polar surface area (TPSA) is 101 Å². The molecule has 0 unspecified atom stereocenters. The predicted octanol–water partition coefficient (Wildman–Crippen LogP) is 0.218. The molecule has 0 fully saturated rings. The van der Waals surface area contributed by atoms with E-state index in [1.807, 2.05) is 6.92 Å². The molecule has 0 saturated carbocycles. The van der Waals surface area contributed by atoms with Crippen molar-refractivity contribution in [3.63, 3.8) is 0 Å². The van der Waals surface area contributed by atoms with Crippen molar-refractivity contribution in [3.8, 4) is 5.88 Å². The fourth-order valence-corrected chi connectivity index (χ4v) is 1.40. The van der Waals surface area contributed by atoms with Crippen LogP contribution in [0.5, 0.6) is 5.88 Å². The Morgan fingerprint density at radius 1 is 1.41 bits per heavy atom. The Kier molecular flexibility index (Phi) is 4.53. The molecule has 0 bridgehead atoms. The van der Waals surface area contributed by atoms with E-state index in [2.05, 4.69) is 10.3 Å². The summed E-state index contributed by atoms with van der Waals surface area (Å²) >= 11 is 0. The summed E-state index contributed by atoms with van der Waals surface area (Å²) in [4.78, 5) is 4.14. The third-order valence-corrected chi connectivity index (χ3v) is 2.76. The van der Waals surface area contributed by atoms with Crippen LogP contribution in [-0.2, 0) is 0 Å². The smallest absolute Gasteiger partial charge is 0.238 e. The van der Waals surface area contributed by atoms with Gasteiger partial charge in [-0.1, -0.05) is 6.92 Å². The van der Waals surface area contributed by atoms with Gasteiger partial charge in [-0.25, -0.2) is 0 Å². The zero-order chi connectivity index (χ0) is 12.9. The molecule has 0 aliphatic rings. The lowest BCUT2D eigenvalue weighted by molar-refractivity contribution is 0.132. The van der Waals surface area contributed by atoms with E-state index < -0.39 is 5.54 Å². The highest BCUT2D eigenvalue weighted by molar-refractivity contribution is 5.54. The number of rotatable bonds is 6. The van der Waals surface area contributed by atoms with Crippen molar-refractivity contribution in [1.29, 1.82) is 0 Å². The Hall–Kier alpha value is -1.53. The monoisotopic (exact) mass is 241 g/mol. The van der Waals surface area contributed by atoms with Crippen LogP contribution in [0.1, 0.15) is 13.3 Å². The second kappa shape index (κ2) is 5.70. The summed E-state index contributed by atoms with van der Waals surface area (Å²) in [5.74, 6) is 0.817. The van der Waals surface area contributed by atoms with Crippen molar-refractivity contribution in [2.24, 2.45) is 0 Å². The Bertz CT molecular complexity index is 359. The number of ether oxygens (including phenoxy) is 1. The number of aliphatic hydroxyl groups excluding tert-OH is 2. The van der Waals surface area contributed by atoms with Crippen molar-refractivity contribution in [1.82, 2.24) is 4.98 Å². The minimum Gasteiger partial charge on any atom is -0.479 e. The van der Waals surface area contributed by atoms with E-state index in [0.717, 1.165) is 0 Å². The standard InChI is InChI=1S/C11H19N3O3/c1-3-11(6-15,7-16)14-9-5-4-8(12)10(13-9)17-2/h4-5,15-16H,3,6-7,12H2,1-2H3,(H,13,14). The Balaban J connectivity index is 2.94. The molecule has 1 aromatic heterocycles. The van der Waals surface area contributed by atoms with Gasteiger partial charge in [0.1, 0.15) is 5.82 Å². The number of nitrogens with one attached hydrogen (secondary N) is 1. The van der Waals surface area contributed by atoms with Crippen LogP contribution in [0.3, 0.4) is 0 Å². The van der Waals surface area contributed by atoms with Crippen LogP contribution in [0.25, 0.3) is 0 Å². The second-order valence-electron chi connectivity index (χ2n) is 3.87. The maximum Gasteiger partial charge on any atom is 0.238 e. The molecule has 0 aliphatic heterocycles. The number of nitrogen functional groups attached to an aromatic ring is 1. The molecule has 5 N–H and O–H groups in total. The fourth-order valence-electron chi connectivity index (χ4n) is 1.40. The minimum absolute atomic E-state index is 0.186. The molecule has 0 saturated heterocycles. The zero-order valence-electron chi connectivity index (χ0n) is 10.1. The number of nitrogens with zero attached hydrogens (tertiary/aromatic N) is 1. The van der Waals surface area contributed by atoms with Crippen LogP contribution in [0.4, 0.5) is 11.5 Å². The molecule has 0 aromatic carbocycles. The summed E-state index contributed by atoms with van der Waals surface area (Å²) in [6.07, 6.45) is 0.564. The highest BCUT2D eigenvalue weighted by Gasteiger charge is 2.26. The molecule has 6 heteroatoms. The highest BCUT2D eigenvalue weighted by Crippen LogP contribution is 2.23. The third kappa shape index (κ3) is 2.98. The summed E-state index contributed by atoms with van der Waals surface area (Å²) in [6.45, 7) is 1.50. The lowest BCUT2D eigenvalue weighted by atomic mass is 9.98. The van der Waals surface area contributed by atoms with Crippen LogP contribution in [-0.4, -0.2) is 41.1 Å². The van der Waals surface area contributed by atoms with Crippen LogP contribution in [0, 0.1) is 0 Å². The van der Waals surface area contributed by atoms with E-state index in [4.69, 9.17) is 10.5 Å². The summed E-state index contributed by atoms with van der Waals surface area (Å²) in [6, 6.07) is 3.33. The molecule has 1 aromatic rings. The molecule has 0 radical (unpaired) electrons. The quantitative estimate of drug-likeness (QED) is 0.568. The molecule has 6 nitrogen and oxygen atoms in total. The maximum atomic E-state index is 9.31. The molecule has 17 heavy (non-hydrogen) atoms.